The molecule has 0 amide bonds. The van der Waals surface area contributed by atoms with Crippen molar-refractivity contribution in [2.24, 2.45) is 0 Å². The number of hydrogen-bond donors (Lipinski definition) is 4. The molecule has 2 spiro atoms. The summed E-state index contributed by atoms with van der Waals surface area (Å²) in [5.74, 6) is 2.88. The summed E-state index contributed by atoms with van der Waals surface area (Å²) in [6.07, 6.45) is 9.99. The van der Waals surface area contributed by atoms with Crippen LogP contribution in [0.1, 0.15) is 125 Å². The van der Waals surface area contributed by atoms with Gasteiger partial charge in [0, 0.05) is 51.1 Å². The van der Waals surface area contributed by atoms with Crippen LogP contribution in [0.3, 0.4) is 0 Å². The van der Waals surface area contributed by atoms with Crippen LogP contribution < -0.4 is 20.4 Å². The molecule has 324 valence electrons. The second-order valence-electron chi connectivity index (χ2n) is 19.4. The van der Waals surface area contributed by atoms with Gasteiger partial charge in [0.05, 0.1) is 24.6 Å². The first-order valence-electron chi connectivity index (χ1n) is 23.2. The fourth-order valence-corrected chi connectivity index (χ4v) is 11.9. The number of benzene rings is 4. The van der Waals surface area contributed by atoms with E-state index in [9.17, 15) is 10.2 Å². The Hall–Kier alpha value is -6.17. The predicted molar refractivity (Wildman–Crippen MR) is 250 cm³/mol. The molecule has 12 rings (SSSR count). The standard InChI is InChI=1S/C53H54N8O3/c1-54-45-27-56-50(60-21-19-52(29-60)25-43(62)39-23-33(15-17-41(39)52)37-9-5-3-7-35(37)31-11-12-31)47(58-45)49(64)48-51(57-28-46(55-2)59-48)61-22-20-53(30-61)26-44(63)40-24-34(16-18-42(40)53)38-10-6-4-8-36(38)32-13-14-32/h3-10,15-18,23-24,27-28,31-32,43-44,62-63H,11-14,19-22,25-26,29-30H2,1-2H3,(H,54,58)(H,55,59). The van der Waals surface area contributed by atoms with E-state index in [-0.39, 0.29) is 28.0 Å². The zero-order chi connectivity index (χ0) is 43.3. The van der Waals surface area contributed by atoms with Gasteiger partial charge in [-0.15, -0.1) is 0 Å². The molecular formula is C53H54N8O3. The van der Waals surface area contributed by atoms with Crippen LogP contribution in [0.2, 0.25) is 0 Å². The fourth-order valence-electron chi connectivity index (χ4n) is 11.9. The Morgan fingerprint density at radius 1 is 0.609 bits per heavy atom. The normalized spacial score (nSPS) is 24.4. The molecule has 4 heterocycles. The number of fused-ring (bicyclic) bond motifs is 4. The third-order valence-corrected chi connectivity index (χ3v) is 15.5. The average molecular weight is 851 g/mol. The molecule has 2 saturated heterocycles. The number of aromatic nitrogens is 4. The molecular weight excluding hydrogens is 797 g/mol. The highest BCUT2D eigenvalue weighted by atomic mass is 16.3. The van der Waals surface area contributed by atoms with Crippen LogP contribution in [-0.4, -0.2) is 76.2 Å². The Morgan fingerprint density at radius 2 is 1.05 bits per heavy atom. The van der Waals surface area contributed by atoms with Gasteiger partial charge in [0.15, 0.2) is 23.0 Å². The van der Waals surface area contributed by atoms with E-state index in [1.807, 2.05) is 0 Å². The Morgan fingerprint density at radius 3 is 1.47 bits per heavy atom. The van der Waals surface area contributed by atoms with E-state index in [4.69, 9.17) is 19.9 Å². The van der Waals surface area contributed by atoms with Gasteiger partial charge < -0.3 is 30.6 Å². The molecule has 6 aliphatic rings. The fraction of sp³-hybridized carbons (Fsp3) is 0.377. The summed E-state index contributed by atoms with van der Waals surface area (Å²) in [6, 6.07) is 30.8. The Balaban J connectivity index is 0.847. The predicted octanol–water partition coefficient (Wildman–Crippen LogP) is 8.84. The minimum Gasteiger partial charge on any atom is -0.388 e. The van der Waals surface area contributed by atoms with Crippen molar-refractivity contribution in [3.8, 4) is 22.3 Å². The second kappa shape index (κ2) is 15.0. The van der Waals surface area contributed by atoms with Gasteiger partial charge in [-0.05, 0) is 131 Å². The average Bonchev–Trinajstić information content (AvgIpc) is 4.25. The Bertz CT molecular complexity index is 2670. The number of ketones is 1. The monoisotopic (exact) mass is 850 g/mol. The van der Waals surface area contributed by atoms with E-state index < -0.39 is 12.2 Å². The number of nitrogens with one attached hydrogen (secondary N) is 2. The Labute approximate surface area is 374 Å². The van der Waals surface area contributed by atoms with Crippen LogP contribution in [0.4, 0.5) is 23.3 Å². The van der Waals surface area contributed by atoms with Crippen molar-refractivity contribution in [2.75, 3.05) is 60.7 Å². The largest absolute Gasteiger partial charge is 0.388 e. The molecule has 0 radical (unpaired) electrons. The minimum absolute atomic E-state index is 0.216. The first-order valence-corrected chi connectivity index (χ1v) is 23.2. The lowest BCUT2D eigenvalue weighted by molar-refractivity contribution is 0.103. The quantitative estimate of drug-likeness (QED) is 0.0984. The number of aliphatic hydroxyl groups excluding tert-OH is 2. The highest BCUT2D eigenvalue weighted by Gasteiger charge is 2.50. The van der Waals surface area contributed by atoms with Crippen molar-refractivity contribution in [2.45, 2.75) is 86.2 Å². The van der Waals surface area contributed by atoms with Gasteiger partial charge in [-0.2, -0.15) is 0 Å². The zero-order valence-electron chi connectivity index (χ0n) is 36.5. The highest BCUT2D eigenvalue weighted by molar-refractivity contribution is 6.12. The van der Waals surface area contributed by atoms with Crippen LogP contribution in [0.25, 0.3) is 22.3 Å². The second-order valence-corrected chi connectivity index (χ2v) is 19.4. The number of rotatable bonds is 10. The summed E-state index contributed by atoms with van der Waals surface area (Å²) in [4.78, 5) is 39.1. The highest BCUT2D eigenvalue weighted by Crippen LogP contribution is 2.54. The number of carbonyl (C=O) groups is 1. The maximum absolute atomic E-state index is 15.2. The molecule has 4 fully saturated rings. The molecule has 2 aliphatic heterocycles. The van der Waals surface area contributed by atoms with Gasteiger partial charge in [-0.3, -0.25) is 4.79 Å². The number of hydrogen-bond acceptors (Lipinski definition) is 11. The van der Waals surface area contributed by atoms with E-state index >= 15 is 4.79 Å². The molecule has 11 nitrogen and oxygen atoms in total. The summed E-state index contributed by atoms with van der Waals surface area (Å²) in [5.41, 5.74) is 11.8. The molecule has 64 heavy (non-hydrogen) atoms. The number of nitrogens with zero attached hydrogens (tertiary/aromatic N) is 6. The van der Waals surface area contributed by atoms with Gasteiger partial charge in [0.2, 0.25) is 5.78 Å². The van der Waals surface area contributed by atoms with Crippen LogP contribution in [0.5, 0.6) is 0 Å². The first-order chi connectivity index (χ1) is 31.2. The third-order valence-electron chi connectivity index (χ3n) is 15.5. The number of aliphatic hydroxyl groups is 2. The van der Waals surface area contributed by atoms with Crippen molar-refractivity contribution < 1.29 is 15.0 Å². The van der Waals surface area contributed by atoms with E-state index in [1.54, 1.807) is 26.5 Å². The van der Waals surface area contributed by atoms with E-state index in [2.05, 4.69) is 105 Å². The molecule has 11 heteroatoms. The SMILES string of the molecule is CNc1cnc(N2CCC3(CC(O)c4cc(-c5ccccc5C5CC5)ccc43)C2)c(C(=O)c2nc(NC)cnc2N2CCC3(CC(O)c4cc(-c5ccccc5C5CC5)ccc43)C2)n1. The lowest BCUT2D eigenvalue weighted by atomic mass is 9.80. The minimum atomic E-state index is -0.577. The van der Waals surface area contributed by atoms with Crippen LogP contribution >= 0.6 is 0 Å². The molecule has 2 aromatic heterocycles. The van der Waals surface area contributed by atoms with Gasteiger partial charge in [-0.1, -0.05) is 72.8 Å². The third kappa shape index (κ3) is 6.41. The maximum Gasteiger partial charge on any atom is 0.237 e. The van der Waals surface area contributed by atoms with E-state index in [0.717, 1.165) is 35.1 Å². The number of carbonyl (C=O) groups excluding carboxylic acids is 1. The van der Waals surface area contributed by atoms with E-state index in [0.29, 0.717) is 74.1 Å². The smallest absolute Gasteiger partial charge is 0.237 e. The van der Waals surface area contributed by atoms with Crippen molar-refractivity contribution in [1.29, 1.82) is 0 Å². The summed E-state index contributed by atoms with van der Waals surface area (Å²) in [7, 11) is 3.55. The first kappa shape index (κ1) is 39.4. The summed E-state index contributed by atoms with van der Waals surface area (Å²) >= 11 is 0. The molecule has 4 aromatic carbocycles. The van der Waals surface area contributed by atoms with Crippen LogP contribution in [-0.2, 0) is 10.8 Å². The van der Waals surface area contributed by atoms with Crippen molar-refractivity contribution in [3.63, 3.8) is 0 Å². The van der Waals surface area contributed by atoms with Gasteiger partial charge in [0.1, 0.15) is 11.6 Å². The molecule has 4 unspecified atom stereocenters. The molecule has 6 aromatic rings. The summed E-state index contributed by atoms with van der Waals surface area (Å²) in [5, 5.41) is 29.5. The van der Waals surface area contributed by atoms with Gasteiger partial charge >= 0.3 is 0 Å². The lowest BCUT2D eigenvalue weighted by Crippen LogP contribution is -2.32. The molecule has 2 saturated carbocycles. The zero-order valence-corrected chi connectivity index (χ0v) is 36.5. The maximum atomic E-state index is 15.2. The van der Waals surface area contributed by atoms with Gasteiger partial charge in [0.25, 0.3) is 0 Å². The van der Waals surface area contributed by atoms with E-state index in [1.165, 1.54) is 59.1 Å². The van der Waals surface area contributed by atoms with Crippen molar-refractivity contribution >= 4 is 29.1 Å². The van der Waals surface area contributed by atoms with Crippen LogP contribution in [0.15, 0.2) is 97.3 Å². The summed E-state index contributed by atoms with van der Waals surface area (Å²) < 4.78 is 0. The van der Waals surface area contributed by atoms with Crippen molar-refractivity contribution in [3.05, 3.63) is 142 Å². The molecule has 4 atom stereocenters. The molecule has 0 bridgehead atoms. The number of anilines is 4. The van der Waals surface area contributed by atoms with Crippen molar-refractivity contribution in [1.82, 2.24) is 19.9 Å². The molecule has 4 N–H and O–H groups in total. The van der Waals surface area contributed by atoms with Gasteiger partial charge in [-0.25, -0.2) is 19.9 Å². The van der Waals surface area contributed by atoms with Crippen LogP contribution in [0, 0.1) is 0 Å². The topological polar surface area (TPSA) is 140 Å². The summed E-state index contributed by atoms with van der Waals surface area (Å²) in [6.45, 7) is 2.52. The molecule has 4 aliphatic carbocycles. The Kier molecular flexibility index (Phi) is 9.21. The lowest BCUT2D eigenvalue weighted by Gasteiger charge is -2.27.